The van der Waals surface area contributed by atoms with E-state index in [1.54, 1.807) is 0 Å². The van der Waals surface area contributed by atoms with Crippen LogP contribution >= 0.6 is 8.03 Å². The number of carbonyl (C=O) groups is 3. The molecule has 0 fully saturated rings. The Morgan fingerprint density at radius 1 is 1.12 bits per heavy atom. The van der Waals surface area contributed by atoms with Crippen LogP contribution in [0.2, 0.25) is 0 Å². The number of aliphatic hydroxyl groups is 2. The molecule has 98 valence electrons. The molecular formula is C7H11O9P. The van der Waals surface area contributed by atoms with Crippen LogP contribution in [0.3, 0.4) is 0 Å². The summed E-state index contributed by atoms with van der Waals surface area (Å²) in [6, 6.07) is 0. The molecule has 9 nitrogen and oxygen atoms in total. The van der Waals surface area contributed by atoms with Gasteiger partial charge in [-0.05, 0) is 0 Å². The number of Topliss-reactive ketones (excluding diaryl/α,β-unsaturated/α-hetero) is 1. The largest absolute Gasteiger partial charge is 0.591 e. The smallest absolute Gasteiger partial charge is 0.428 e. The first-order valence-electron chi connectivity index (χ1n) is 4.05. The summed E-state index contributed by atoms with van der Waals surface area (Å²) < 4.78 is 9.78. The minimum absolute atomic E-state index is 0.296. The summed E-state index contributed by atoms with van der Waals surface area (Å²) in [6.07, 6.45) is -0.593. The van der Waals surface area contributed by atoms with Gasteiger partial charge in [0.05, 0.1) is 12.8 Å². The Balaban J connectivity index is 0. The van der Waals surface area contributed by atoms with Gasteiger partial charge in [0, 0.05) is 6.92 Å². The Morgan fingerprint density at radius 3 is 1.47 bits per heavy atom. The fraction of sp³-hybridized carbons (Fsp3) is 0.571. The van der Waals surface area contributed by atoms with E-state index in [1.807, 2.05) is 0 Å². The van der Waals surface area contributed by atoms with Crippen molar-refractivity contribution >= 4 is 25.7 Å². The van der Waals surface area contributed by atoms with E-state index in [0.29, 0.717) is 0 Å². The Bertz CT molecular complexity index is 291. The zero-order valence-corrected chi connectivity index (χ0v) is 9.59. The van der Waals surface area contributed by atoms with Crippen LogP contribution in [0.25, 0.3) is 0 Å². The number of aliphatic carboxylic acids is 2. The summed E-state index contributed by atoms with van der Waals surface area (Å²) in [7, 11) is -3.52. The lowest BCUT2D eigenvalue weighted by molar-refractivity contribution is -0.206. The molecule has 0 saturated carbocycles. The second kappa shape index (κ2) is 7.80. The van der Waals surface area contributed by atoms with Gasteiger partial charge in [-0.3, -0.25) is 14.4 Å². The summed E-state index contributed by atoms with van der Waals surface area (Å²) >= 11 is 0. The predicted octanol–water partition coefficient (Wildman–Crippen LogP) is -1.75. The molecule has 0 aromatic carbocycles. The highest BCUT2D eigenvalue weighted by atomic mass is 31.1. The first kappa shape index (κ1) is 18.0. The first-order chi connectivity index (χ1) is 7.51. The average Bonchev–Trinajstić information content (AvgIpc) is 2.15. The monoisotopic (exact) mass is 270 g/mol. The van der Waals surface area contributed by atoms with E-state index in [9.17, 15) is 23.8 Å². The van der Waals surface area contributed by atoms with Crippen LogP contribution in [0, 0.1) is 0 Å². The molecule has 0 aliphatic carbocycles. The third-order valence-corrected chi connectivity index (χ3v) is 2.10. The van der Waals surface area contributed by atoms with Crippen molar-refractivity contribution in [1.82, 2.24) is 0 Å². The van der Waals surface area contributed by atoms with Crippen molar-refractivity contribution in [2.24, 2.45) is 0 Å². The van der Waals surface area contributed by atoms with Crippen molar-refractivity contribution in [3.63, 3.8) is 0 Å². The molecule has 1 atom stereocenters. The summed E-state index contributed by atoms with van der Waals surface area (Å²) in [5.41, 5.74) is -3.19. The maximum atomic E-state index is 10.0. The Kier molecular flexibility index (Phi) is 8.24. The second-order valence-electron chi connectivity index (χ2n) is 2.74. The van der Waals surface area contributed by atoms with Crippen molar-refractivity contribution in [1.29, 1.82) is 0 Å². The molecule has 0 aromatic heterocycles. The molecule has 10 heteroatoms. The molecule has 0 bridgehead atoms. The van der Waals surface area contributed by atoms with Crippen molar-refractivity contribution in [2.75, 3.05) is 0 Å². The minimum atomic E-state index is -3.52. The van der Waals surface area contributed by atoms with Crippen LogP contribution < -0.4 is 4.89 Å². The maximum Gasteiger partial charge on any atom is 0.428 e. The van der Waals surface area contributed by atoms with E-state index in [4.69, 9.17) is 20.4 Å². The molecular weight excluding hydrogens is 259 g/mol. The highest BCUT2D eigenvalue weighted by molar-refractivity contribution is 7.39. The summed E-state index contributed by atoms with van der Waals surface area (Å²) in [4.78, 5) is 39.1. The van der Waals surface area contributed by atoms with Gasteiger partial charge < -0.3 is 25.3 Å². The number of rotatable bonds is 5. The average molecular weight is 270 g/mol. The predicted molar refractivity (Wildman–Crippen MR) is 50.0 cm³/mol. The summed E-state index contributed by atoms with van der Waals surface area (Å²) in [5, 5.41) is 32.4. The molecule has 0 heterocycles. The highest BCUT2D eigenvalue weighted by Gasteiger charge is 2.44. The van der Waals surface area contributed by atoms with Gasteiger partial charge in [-0.2, -0.15) is 0 Å². The van der Waals surface area contributed by atoms with Gasteiger partial charge in [0.25, 0.3) is 0 Å². The number of hydrogen-bond donors (Lipinski definition) is 4. The van der Waals surface area contributed by atoms with Crippen LogP contribution in [0.5, 0.6) is 0 Å². The molecule has 0 spiro atoms. The third kappa shape index (κ3) is 9.52. The lowest BCUT2D eigenvalue weighted by Crippen LogP contribution is -2.34. The van der Waals surface area contributed by atoms with E-state index in [2.05, 4.69) is 0 Å². The van der Waals surface area contributed by atoms with Crippen LogP contribution in [0.1, 0.15) is 19.8 Å². The van der Waals surface area contributed by atoms with Crippen molar-refractivity contribution in [3.05, 3.63) is 0 Å². The normalized spacial score (nSPS) is 10.9. The van der Waals surface area contributed by atoms with Gasteiger partial charge in [0.1, 0.15) is 0 Å². The SMILES string of the molecule is CC(=O)C(O)(O)[P+](=O)[O-].O=C(O)CCC(=O)O. The molecule has 1 unspecified atom stereocenters. The fourth-order valence-corrected chi connectivity index (χ4v) is 0.600. The van der Waals surface area contributed by atoms with Crippen LogP contribution in [0.15, 0.2) is 0 Å². The number of carboxylic acids is 2. The topological polar surface area (TPSA) is 172 Å². The zero-order chi connectivity index (χ0) is 14.2. The zero-order valence-electron chi connectivity index (χ0n) is 8.69. The number of hydrogen-bond acceptors (Lipinski definition) is 7. The third-order valence-electron chi connectivity index (χ3n) is 1.28. The quantitative estimate of drug-likeness (QED) is 0.333. The molecule has 0 rings (SSSR count). The van der Waals surface area contributed by atoms with Crippen LogP contribution in [-0.2, 0) is 18.9 Å². The number of carboxylic acid groups (broad SMARTS) is 2. The Hall–Kier alpha value is -1.41. The highest BCUT2D eigenvalue weighted by Crippen LogP contribution is 2.25. The molecule has 0 saturated heterocycles. The molecule has 0 aromatic rings. The van der Waals surface area contributed by atoms with Crippen molar-refractivity contribution in [3.8, 4) is 0 Å². The molecule has 17 heavy (non-hydrogen) atoms. The molecule has 4 N–H and O–H groups in total. The van der Waals surface area contributed by atoms with Crippen LogP contribution in [-0.4, -0.2) is 43.7 Å². The van der Waals surface area contributed by atoms with Gasteiger partial charge >= 0.3 is 25.5 Å². The Labute approximate surface area is 96.2 Å². The minimum Gasteiger partial charge on any atom is -0.591 e. The molecule has 0 radical (unpaired) electrons. The second-order valence-corrected chi connectivity index (χ2v) is 3.87. The molecule has 0 aliphatic rings. The molecule has 0 amide bonds. The van der Waals surface area contributed by atoms with Gasteiger partial charge in [0.15, 0.2) is 0 Å². The van der Waals surface area contributed by atoms with E-state index >= 15 is 0 Å². The van der Waals surface area contributed by atoms with E-state index in [-0.39, 0.29) is 12.8 Å². The van der Waals surface area contributed by atoms with E-state index < -0.39 is 31.3 Å². The van der Waals surface area contributed by atoms with Gasteiger partial charge in [-0.15, -0.1) is 0 Å². The lowest BCUT2D eigenvalue weighted by atomic mass is 10.3. The number of ketones is 1. The van der Waals surface area contributed by atoms with Gasteiger partial charge in [-0.1, -0.05) is 4.57 Å². The van der Waals surface area contributed by atoms with Gasteiger partial charge in [0.2, 0.25) is 5.78 Å². The first-order valence-corrected chi connectivity index (χ1v) is 5.23. The number of carbonyl (C=O) groups excluding carboxylic acids is 1. The summed E-state index contributed by atoms with van der Waals surface area (Å²) in [5.74, 6) is -3.36. The maximum absolute atomic E-state index is 10.0. The lowest BCUT2D eigenvalue weighted by Gasteiger charge is -2.05. The van der Waals surface area contributed by atoms with Crippen LogP contribution in [0.4, 0.5) is 0 Å². The van der Waals surface area contributed by atoms with E-state index in [0.717, 1.165) is 6.92 Å². The van der Waals surface area contributed by atoms with E-state index in [1.165, 1.54) is 0 Å². The Morgan fingerprint density at radius 2 is 1.41 bits per heavy atom. The van der Waals surface area contributed by atoms with Crippen molar-refractivity contribution < 1.29 is 44.3 Å². The standard InChI is InChI=1S/C4H6O4.C3H5O5P/c5-3(6)1-2-4(7)8;1-2(4)3(5,6)9(7)8/h1-2H2,(H,5,6)(H,7,8);5-6H,1H3. The van der Waals surface area contributed by atoms with Crippen molar-refractivity contribution in [2.45, 2.75) is 25.3 Å². The fourth-order valence-electron chi connectivity index (χ4n) is 0.342. The molecule has 0 aliphatic heterocycles. The summed E-state index contributed by atoms with van der Waals surface area (Å²) in [6.45, 7) is 0.769. The van der Waals surface area contributed by atoms with Gasteiger partial charge in [-0.25, -0.2) is 0 Å².